The van der Waals surface area contributed by atoms with Crippen LogP contribution in [0.1, 0.15) is 39.8 Å². The highest BCUT2D eigenvalue weighted by molar-refractivity contribution is 5.82. The standard InChI is InChI=1S/C20H29N5O4/c1-12(2)5-4-6-13(3)7-8-21-18-15-19(23-10-22-18)25(11-24-15)20-17(28)16(27)14(9-26)29-20/h5,7,10-11,14,16-17,20,26-28H,4,6,8-9H2,1-3H3,(H,21,22,23)/b13-7+. The molecule has 4 N–H and O–H groups in total. The third-order valence-electron chi connectivity index (χ3n) is 4.96. The fourth-order valence-electron chi connectivity index (χ4n) is 3.29. The van der Waals surface area contributed by atoms with Crippen molar-refractivity contribution in [1.82, 2.24) is 19.5 Å². The minimum atomic E-state index is -1.19. The molecule has 1 fully saturated rings. The molecule has 2 aromatic rings. The number of aromatic nitrogens is 4. The van der Waals surface area contributed by atoms with E-state index in [2.05, 4.69) is 53.2 Å². The molecule has 1 aliphatic rings. The lowest BCUT2D eigenvalue weighted by molar-refractivity contribution is -0.0511. The van der Waals surface area contributed by atoms with E-state index in [1.165, 1.54) is 23.8 Å². The highest BCUT2D eigenvalue weighted by Gasteiger charge is 2.44. The number of anilines is 1. The number of nitrogens with zero attached hydrogens (tertiary/aromatic N) is 4. The average molecular weight is 403 g/mol. The third kappa shape index (κ3) is 4.81. The summed E-state index contributed by atoms with van der Waals surface area (Å²) in [6, 6.07) is 0. The highest BCUT2D eigenvalue weighted by Crippen LogP contribution is 2.32. The molecule has 0 amide bonds. The van der Waals surface area contributed by atoms with Gasteiger partial charge in [0, 0.05) is 6.54 Å². The van der Waals surface area contributed by atoms with Crippen molar-refractivity contribution < 1.29 is 20.1 Å². The number of nitrogens with one attached hydrogen (secondary N) is 1. The molecule has 1 saturated heterocycles. The van der Waals surface area contributed by atoms with Gasteiger partial charge in [-0.2, -0.15) is 0 Å². The van der Waals surface area contributed by atoms with Crippen LogP contribution in [0.15, 0.2) is 36.0 Å². The molecule has 0 aromatic carbocycles. The molecule has 158 valence electrons. The highest BCUT2D eigenvalue weighted by atomic mass is 16.6. The molecule has 3 heterocycles. The summed E-state index contributed by atoms with van der Waals surface area (Å²) in [4.78, 5) is 12.9. The predicted octanol–water partition coefficient (Wildman–Crippen LogP) is 1.54. The number of allylic oxidation sites excluding steroid dienone is 3. The lowest BCUT2D eigenvalue weighted by Crippen LogP contribution is -2.33. The van der Waals surface area contributed by atoms with Crippen molar-refractivity contribution in [3.8, 4) is 0 Å². The zero-order chi connectivity index (χ0) is 21.0. The van der Waals surface area contributed by atoms with Gasteiger partial charge in [0.05, 0.1) is 12.9 Å². The Kier molecular flexibility index (Phi) is 6.96. The van der Waals surface area contributed by atoms with Crippen LogP contribution < -0.4 is 5.32 Å². The number of rotatable bonds is 8. The smallest absolute Gasteiger partial charge is 0.167 e. The van der Waals surface area contributed by atoms with Gasteiger partial charge < -0.3 is 25.4 Å². The summed E-state index contributed by atoms with van der Waals surface area (Å²) < 4.78 is 7.12. The number of hydrogen-bond acceptors (Lipinski definition) is 8. The normalized spacial score (nSPS) is 24.8. The Morgan fingerprint density at radius 1 is 1.17 bits per heavy atom. The lowest BCUT2D eigenvalue weighted by atomic mass is 10.1. The first-order valence-electron chi connectivity index (χ1n) is 9.75. The molecule has 3 rings (SSSR count). The molecule has 4 atom stereocenters. The Labute approximate surface area is 169 Å². The van der Waals surface area contributed by atoms with E-state index in [1.807, 2.05) is 0 Å². The van der Waals surface area contributed by atoms with Crippen molar-refractivity contribution in [1.29, 1.82) is 0 Å². The van der Waals surface area contributed by atoms with Crippen molar-refractivity contribution in [2.45, 2.75) is 58.2 Å². The number of aliphatic hydroxyl groups excluding tert-OH is 3. The summed E-state index contributed by atoms with van der Waals surface area (Å²) in [6.45, 7) is 6.52. The molecule has 0 radical (unpaired) electrons. The van der Waals surface area contributed by atoms with Crippen LogP contribution in [-0.2, 0) is 4.74 Å². The molecular formula is C20H29N5O4. The first kappa shape index (κ1) is 21.4. The quantitative estimate of drug-likeness (QED) is 0.489. The first-order chi connectivity index (χ1) is 13.9. The minimum Gasteiger partial charge on any atom is -0.394 e. The monoisotopic (exact) mass is 403 g/mol. The van der Waals surface area contributed by atoms with E-state index in [1.54, 1.807) is 4.57 Å². The molecule has 9 heteroatoms. The fourth-order valence-corrected chi connectivity index (χ4v) is 3.29. The molecule has 0 saturated carbocycles. The Balaban J connectivity index is 1.71. The largest absolute Gasteiger partial charge is 0.394 e. The van der Waals surface area contributed by atoms with Gasteiger partial charge >= 0.3 is 0 Å². The van der Waals surface area contributed by atoms with Gasteiger partial charge in [-0.1, -0.05) is 23.3 Å². The number of imidazole rings is 1. The van der Waals surface area contributed by atoms with Crippen molar-refractivity contribution in [2.24, 2.45) is 0 Å². The Bertz CT molecular complexity index is 890. The van der Waals surface area contributed by atoms with Gasteiger partial charge in [-0.25, -0.2) is 15.0 Å². The molecule has 1 aliphatic heterocycles. The van der Waals surface area contributed by atoms with E-state index in [0.717, 1.165) is 12.8 Å². The van der Waals surface area contributed by atoms with E-state index < -0.39 is 24.5 Å². The van der Waals surface area contributed by atoms with E-state index >= 15 is 0 Å². The Hall–Kier alpha value is -2.33. The second-order valence-corrected chi connectivity index (χ2v) is 7.53. The average Bonchev–Trinajstić information content (AvgIpc) is 3.23. The van der Waals surface area contributed by atoms with Gasteiger partial charge in [0.25, 0.3) is 0 Å². The minimum absolute atomic E-state index is 0.386. The second-order valence-electron chi connectivity index (χ2n) is 7.53. The van der Waals surface area contributed by atoms with Crippen LogP contribution in [0.4, 0.5) is 5.82 Å². The van der Waals surface area contributed by atoms with Crippen LogP contribution in [0.2, 0.25) is 0 Å². The Morgan fingerprint density at radius 2 is 1.97 bits per heavy atom. The molecule has 29 heavy (non-hydrogen) atoms. The van der Waals surface area contributed by atoms with Crippen molar-refractivity contribution >= 4 is 17.0 Å². The second kappa shape index (κ2) is 9.45. The van der Waals surface area contributed by atoms with Crippen LogP contribution in [0.3, 0.4) is 0 Å². The number of hydrogen-bond donors (Lipinski definition) is 4. The van der Waals surface area contributed by atoms with Crippen molar-refractivity contribution in [3.05, 3.63) is 36.0 Å². The first-order valence-corrected chi connectivity index (χ1v) is 9.75. The summed E-state index contributed by atoms with van der Waals surface area (Å²) in [6.07, 6.45) is 5.17. The van der Waals surface area contributed by atoms with Crippen LogP contribution in [0.25, 0.3) is 11.2 Å². The van der Waals surface area contributed by atoms with E-state index in [4.69, 9.17) is 4.74 Å². The fraction of sp³-hybridized carbons (Fsp3) is 0.550. The SMILES string of the molecule is CC(C)=CCC/C(C)=C/CNc1ncnc2c1ncn2C1OC(CO)C(O)C1O. The van der Waals surface area contributed by atoms with Crippen molar-refractivity contribution in [3.63, 3.8) is 0 Å². The number of aliphatic hydroxyl groups is 3. The summed E-state index contributed by atoms with van der Waals surface area (Å²) in [5, 5.41) is 32.8. The Morgan fingerprint density at radius 3 is 2.66 bits per heavy atom. The lowest BCUT2D eigenvalue weighted by Gasteiger charge is -2.16. The van der Waals surface area contributed by atoms with Crippen molar-refractivity contribution in [2.75, 3.05) is 18.5 Å². The molecular weight excluding hydrogens is 374 g/mol. The number of fused-ring (bicyclic) bond motifs is 1. The van der Waals surface area contributed by atoms with Crippen LogP contribution in [0, 0.1) is 0 Å². The van der Waals surface area contributed by atoms with Crippen LogP contribution >= 0.6 is 0 Å². The third-order valence-corrected chi connectivity index (χ3v) is 4.96. The van der Waals surface area contributed by atoms with Crippen LogP contribution in [0.5, 0.6) is 0 Å². The molecule has 0 aliphatic carbocycles. The number of ether oxygens (including phenoxy) is 1. The van der Waals surface area contributed by atoms with E-state index in [9.17, 15) is 15.3 Å². The van der Waals surface area contributed by atoms with E-state index in [-0.39, 0.29) is 6.61 Å². The summed E-state index contributed by atoms with van der Waals surface area (Å²) in [5.41, 5.74) is 3.63. The van der Waals surface area contributed by atoms with Gasteiger partial charge in [0.2, 0.25) is 0 Å². The summed E-state index contributed by atoms with van der Waals surface area (Å²) in [5.74, 6) is 0.578. The summed E-state index contributed by atoms with van der Waals surface area (Å²) >= 11 is 0. The van der Waals surface area contributed by atoms with Gasteiger partial charge in [-0.3, -0.25) is 4.57 Å². The zero-order valence-electron chi connectivity index (χ0n) is 17.0. The maximum Gasteiger partial charge on any atom is 0.167 e. The molecule has 0 bridgehead atoms. The molecule has 9 nitrogen and oxygen atoms in total. The zero-order valence-corrected chi connectivity index (χ0v) is 17.0. The maximum absolute atomic E-state index is 10.3. The van der Waals surface area contributed by atoms with Gasteiger partial charge in [-0.15, -0.1) is 0 Å². The molecule has 0 spiro atoms. The molecule has 2 aromatic heterocycles. The molecule has 4 unspecified atom stereocenters. The van der Waals surface area contributed by atoms with Crippen LogP contribution in [-0.4, -0.2) is 66.3 Å². The topological polar surface area (TPSA) is 126 Å². The van der Waals surface area contributed by atoms with E-state index in [0.29, 0.717) is 23.5 Å². The summed E-state index contributed by atoms with van der Waals surface area (Å²) in [7, 11) is 0. The maximum atomic E-state index is 10.3. The predicted molar refractivity (Wildman–Crippen MR) is 109 cm³/mol. The van der Waals surface area contributed by atoms with Gasteiger partial charge in [0.1, 0.15) is 24.6 Å². The van der Waals surface area contributed by atoms with Gasteiger partial charge in [0.15, 0.2) is 23.2 Å². The van der Waals surface area contributed by atoms with Gasteiger partial charge in [-0.05, 0) is 33.6 Å².